The van der Waals surface area contributed by atoms with Crippen molar-refractivity contribution in [3.05, 3.63) is 114 Å². The highest BCUT2D eigenvalue weighted by Gasteiger charge is 2.17. The highest BCUT2D eigenvalue weighted by Crippen LogP contribution is 2.25. The number of hydrogen-bond acceptors (Lipinski definition) is 3. The van der Waals surface area contributed by atoms with E-state index in [1.165, 1.54) is 12.1 Å². The molecule has 0 fully saturated rings. The zero-order valence-electron chi connectivity index (χ0n) is 16.8. The molecule has 0 aliphatic carbocycles. The highest BCUT2D eigenvalue weighted by atomic mass is 35.5. The molecule has 0 saturated heterocycles. The zero-order valence-corrected chi connectivity index (χ0v) is 18.4. The second-order valence-corrected chi connectivity index (χ2v) is 9.10. The van der Waals surface area contributed by atoms with Crippen molar-refractivity contribution in [2.75, 3.05) is 10.0 Å². The van der Waals surface area contributed by atoms with E-state index in [9.17, 15) is 13.2 Å². The lowest BCUT2D eigenvalue weighted by Crippen LogP contribution is -2.15. The maximum absolute atomic E-state index is 12.8. The third-order valence-electron chi connectivity index (χ3n) is 4.77. The summed E-state index contributed by atoms with van der Waals surface area (Å²) in [7, 11) is -3.88. The number of anilines is 2. The van der Waals surface area contributed by atoms with Gasteiger partial charge >= 0.3 is 0 Å². The SMILES string of the molecule is O=C(Nc1cccc(S(=O)(=O)Nc2ccccc2Cl)c1)c1ccc(-c2ccccc2)cc1. The Hall–Kier alpha value is -3.61. The molecule has 0 heterocycles. The van der Waals surface area contributed by atoms with Crippen LogP contribution in [0.5, 0.6) is 0 Å². The standard InChI is InChI=1S/C25H19ClN2O3S/c26-23-11-4-5-12-24(23)28-32(30,31)22-10-6-9-21(17-22)27-25(29)20-15-13-19(14-16-20)18-7-2-1-3-8-18/h1-17,28H,(H,27,29). The van der Waals surface area contributed by atoms with Crippen LogP contribution in [0.3, 0.4) is 0 Å². The summed E-state index contributed by atoms with van der Waals surface area (Å²) in [4.78, 5) is 12.7. The van der Waals surface area contributed by atoms with Crippen LogP contribution in [0.2, 0.25) is 5.02 Å². The smallest absolute Gasteiger partial charge is 0.262 e. The molecule has 160 valence electrons. The lowest BCUT2D eigenvalue weighted by molar-refractivity contribution is 0.102. The summed E-state index contributed by atoms with van der Waals surface area (Å²) in [6.45, 7) is 0. The summed E-state index contributed by atoms with van der Waals surface area (Å²) >= 11 is 6.05. The van der Waals surface area contributed by atoms with Crippen molar-refractivity contribution in [3.63, 3.8) is 0 Å². The third kappa shape index (κ3) is 4.99. The van der Waals surface area contributed by atoms with E-state index in [2.05, 4.69) is 10.0 Å². The van der Waals surface area contributed by atoms with Crippen LogP contribution in [0.25, 0.3) is 11.1 Å². The van der Waals surface area contributed by atoms with Gasteiger partial charge in [-0.1, -0.05) is 72.3 Å². The van der Waals surface area contributed by atoms with Crippen LogP contribution >= 0.6 is 11.6 Å². The van der Waals surface area contributed by atoms with Gasteiger partial charge in [-0.3, -0.25) is 9.52 Å². The Morgan fingerprint density at radius 3 is 2.09 bits per heavy atom. The van der Waals surface area contributed by atoms with Gasteiger partial charge in [0.1, 0.15) is 0 Å². The Labute approximate surface area is 191 Å². The minimum atomic E-state index is -3.88. The van der Waals surface area contributed by atoms with Crippen molar-refractivity contribution in [2.45, 2.75) is 4.90 Å². The predicted octanol–water partition coefficient (Wildman–Crippen LogP) is 6.06. The van der Waals surface area contributed by atoms with Gasteiger partial charge in [-0.2, -0.15) is 0 Å². The number of amides is 1. The molecule has 32 heavy (non-hydrogen) atoms. The van der Waals surface area contributed by atoms with Gasteiger partial charge in [0, 0.05) is 11.3 Å². The Balaban J connectivity index is 1.50. The second-order valence-electron chi connectivity index (χ2n) is 7.01. The number of para-hydroxylation sites is 1. The van der Waals surface area contributed by atoms with E-state index < -0.39 is 10.0 Å². The van der Waals surface area contributed by atoms with E-state index in [1.807, 2.05) is 42.5 Å². The third-order valence-corrected chi connectivity index (χ3v) is 6.47. The van der Waals surface area contributed by atoms with Crippen LogP contribution in [0, 0.1) is 0 Å². The van der Waals surface area contributed by atoms with Crippen molar-refractivity contribution in [3.8, 4) is 11.1 Å². The molecule has 4 aromatic rings. The second kappa shape index (κ2) is 9.26. The fourth-order valence-electron chi connectivity index (χ4n) is 3.14. The highest BCUT2D eigenvalue weighted by molar-refractivity contribution is 7.92. The molecule has 5 nitrogen and oxygen atoms in total. The molecule has 0 unspecified atom stereocenters. The number of carbonyl (C=O) groups is 1. The van der Waals surface area contributed by atoms with Gasteiger partial charge in [-0.05, 0) is 53.6 Å². The largest absolute Gasteiger partial charge is 0.322 e. The molecule has 2 N–H and O–H groups in total. The Bertz CT molecular complexity index is 1360. The number of nitrogens with one attached hydrogen (secondary N) is 2. The number of halogens is 1. The zero-order chi connectivity index (χ0) is 22.6. The lowest BCUT2D eigenvalue weighted by atomic mass is 10.0. The molecular weight excluding hydrogens is 444 g/mol. The molecule has 0 aromatic heterocycles. The van der Waals surface area contributed by atoms with E-state index in [0.29, 0.717) is 16.3 Å². The molecule has 0 saturated carbocycles. The topological polar surface area (TPSA) is 75.3 Å². The fraction of sp³-hybridized carbons (Fsp3) is 0. The molecule has 0 aliphatic rings. The number of benzene rings is 4. The Morgan fingerprint density at radius 2 is 1.38 bits per heavy atom. The Kier molecular flexibility index (Phi) is 6.25. The van der Waals surface area contributed by atoms with Crippen molar-refractivity contribution < 1.29 is 13.2 Å². The minimum Gasteiger partial charge on any atom is -0.322 e. The molecule has 0 spiro atoms. The molecule has 0 radical (unpaired) electrons. The van der Waals surface area contributed by atoms with Gasteiger partial charge in [-0.15, -0.1) is 0 Å². The van der Waals surface area contributed by atoms with Crippen LogP contribution in [-0.2, 0) is 10.0 Å². The van der Waals surface area contributed by atoms with Gasteiger partial charge in [0.05, 0.1) is 15.6 Å². The first-order valence-electron chi connectivity index (χ1n) is 9.77. The summed E-state index contributed by atoms with van der Waals surface area (Å²) in [5.41, 5.74) is 3.17. The summed E-state index contributed by atoms with van der Waals surface area (Å²) in [5, 5.41) is 3.04. The van der Waals surface area contributed by atoms with Crippen LogP contribution in [0.4, 0.5) is 11.4 Å². The summed E-state index contributed by atoms with van der Waals surface area (Å²) in [5.74, 6) is -0.335. The first-order valence-corrected chi connectivity index (χ1v) is 11.6. The normalized spacial score (nSPS) is 11.0. The van der Waals surface area contributed by atoms with Gasteiger partial charge in [-0.25, -0.2) is 8.42 Å². The summed E-state index contributed by atoms with van der Waals surface area (Å²) in [6, 6.07) is 29.7. The number of hydrogen-bond donors (Lipinski definition) is 2. The first kappa shape index (κ1) is 21.6. The molecule has 0 atom stereocenters. The molecule has 4 aromatic carbocycles. The monoisotopic (exact) mass is 462 g/mol. The predicted molar refractivity (Wildman–Crippen MR) is 129 cm³/mol. The molecular formula is C25H19ClN2O3S. The van der Waals surface area contributed by atoms with Gasteiger partial charge in [0.25, 0.3) is 15.9 Å². The maximum atomic E-state index is 12.8. The molecule has 7 heteroatoms. The molecule has 1 amide bonds. The van der Waals surface area contributed by atoms with Crippen molar-refractivity contribution in [1.82, 2.24) is 0 Å². The average molecular weight is 463 g/mol. The lowest BCUT2D eigenvalue weighted by Gasteiger charge is -2.11. The quantitative estimate of drug-likeness (QED) is 0.365. The van der Waals surface area contributed by atoms with Gasteiger partial charge < -0.3 is 5.32 Å². The fourth-order valence-corrected chi connectivity index (χ4v) is 4.50. The number of carbonyl (C=O) groups excluding carboxylic acids is 1. The van der Waals surface area contributed by atoms with Crippen molar-refractivity contribution in [1.29, 1.82) is 0 Å². The summed E-state index contributed by atoms with van der Waals surface area (Å²) < 4.78 is 28.0. The van der Waals surface area contributed by atoms with Gasteiger partial charge in [0.15, 0.2) is 0 Å². The molecule has 0 aliphatic heterocycles. The van der Waals surface area contributed by atoms with Crippen LogP contribution in [0.15, 0.2) is 108 Å². The van der Waals surface area contributed by atoms with E-state index in [-0.39, 0.29) is 16.5 Å². The number of rotatable bonds is 6. The van der Waals surface area contributed by atoms with E-state index in [4.69, 9.17) is 11.6 Å². The van der Waals surface area contributed by atoms with Crippen molar-refractivity contribution in [2.24, 2.45) is 0 Å². The maximum Gasteiger partial charge on any atom is 0.262 e. The van der Waals surface area contributed by atoms with Crippen LogP contribution in [0.1, 0.15) is 10.4 Å². The number of sulfonamides is 1. The van der Waals surface area contributed by atoms with E-state index in [1.54, 1.807) is 48.5 Å². The first-order chi connectivity index (χ1) is 15.4. The minimum absolute atomic E-state index is 0.00893. The van der Waals surface area contributed by atoms with E-state index >= 15 is 0 Å². The average Bonchev–Trinajstić information content (AvgIpc) is 2.81. The molecule has 4 rings (SSSR count). The molecule has 0 bridgehead atoms. The van der Waals surface area contributed by atoms with Crippen LogP contribution in [-0.4, -0.2) is 14.3 Å². The van der Waals surface area contributed by atoms with Crippen molar-refractivity contribution >= 4 is 38.9 Å². The van der Waals surface area contributed by atoms with Crippen LogP contribution < -0.4 is 10.0 Å². The van der Waals surface area contributed by atoms with E-state index in [0.717, 1.165) is 11.1 Å². The Morgan fingerprint density at radius 1 is 0.719 bits per heavy atom. The van der Waals surface area contributed by atoms with Gasteiger partial charge in [0.2, 0.25) is 0 Å². The summed E-state index contributed by atoms with van der Waals surface area (Å²) in [6.07, 6.45) is 0.